The Labute approximate surface area is 285 Å². The molecular formula is C44H32BNO3. The minimum Gasteiger partial charge on any atom is -0.458 e. The third-order valence-electron chi connectivity index (χ3n) is 10.1. The first-order valence-electron chi connectivity index (χ1n) is 16.9. The number of hydrogen-bond acceptors (Lipinski definition) is 4. The first-order chi connectivity index (χ1) is 23.9. The van der Waals surface area contributed by atoms with Crippen LogP contribution in [0.1, 0.15) is 26.3 Å². The van der Waals surface area contributed by atoms with Crippen molar-refractivity contribution in [1.29, 1.82) is 0 Å². The summed E-state index contributed by atoms with van der Waals surface area (Å²) in [6.07, 6.45) is 0. The summed E-state index contributed by atoms with van der Waals surface area (Å²) in [5.41, 5.74) is 9.74. The average Bonchev–Trinajstić information content (AvgIpc) is 3.49. The first kappa shape index (κ1) is 28.1. The van der Waals surface area contributed by atoms with Gasteiger partial charge < -0.3 is 18.8 Å². The SMILES string of the molecule is CC(C)(C)c1ccc(N(c2ccccc2)c2ccc3c(ccc4c5cc6c(cc5oc34)B3c4ccccc4Oc4cccc(c43)O6)c2)cc1. The molecule has 0 saturated carbocycles. The van der Waals surface area contributed by atoms with Crippen molar-refractivity contribution >= 4 is 72.9 Å². The topological polar surface area (TPSA) is 34.8 Å². The molecule has 7 aromatic carbocycles. The number of benzene rings is 7. The molecule has 0 fully saturated rings. The second-order valence-corrected chi connectivity index (χ2v) is 14.1. The molecular weight excluding hydrogens is 601 g/mol. The molecule has 234 valence electrons. The number of ether oxygens (including phenoxy) is 2. The number of hydrogen-bond donors (Lipinski definition) is 0. The standard InChI is InChI=1S/C44H32BNO3/c1-44(2,3)28-17-19-30(20-18-28)46(29-10-5-4-6-11-29)31-21-23-32-27(24-31)16-22-33-34-25-41-36(26-40(34)49-43(32)33)45-35-12-7-8-13-37(35)47-38-14-9-15-39(48-41)42(38)45/h4-26H,1-3H3. The minimum atomic E-state index is -0.00162. The van der Waals surface area contributed by atoms with Crippen LogP contribution in [0.4, 0.5) is 17.1 Å². The van der Waals surface area contributed by atoms with Crippen LogP contribution >= 0.6 is 0 Å². The van der Waals surface area contributed by atoms with Gasteiger partial charge in [-0.15, -0.1) is 0 Å². The fourth-order valence-corrected chi connectivity index (χ4v) is 7.69. The molecule has 3 heterocycles. The minimum absolute atomic E-state index is 0.00162. The lowest BCUT2D eigenvalue weighted by Crippen LogP contribution is -2.57. The molecule has 0 saturated heterocycles. The summed E-state index contributed by atoms with van der Waals surface area (Å²) >= 11 is 0. The van der Waals surface area contributed by atoms with Crippen molar-refractivity contribution < 1.29 is 13.9 Å². The van der Waals surface area contributed by atoms with Gasteiger partial charge in [0.1, 0.15) is 34.2 Å². The van der Waals surface area contributed by atoms with E-state index in [2.05, 4.69) is 135 Å². The number of fused-ring (bicyclic) bond motifs is 9. The molecule has 8 aromatic rings. The molecule has 0 atom stereocenters. The summed E-state index contributed by atoms with van der Waals surface area (Å²) in [6, 6.07) is 49.2. The zero-order valence-electron chi connectivity index (χ0n) is 27.5. The lowest BCUT2D eigenvalue weighted by Gasteiger charge is -2.32. The summed E-state index contributed by atoms with van der Waals surface area (Å²) < 4.78 is 19.7. The Balaban J connectivity index is 1.11. The van der Waals surface area contributed by atoms with Gasteiger partial charge in [0.15, 0.2) is 0 Å². The van der Waals surface area contributed by atoms with Crippen molar-refractivity contribution in [3.8, 4) is 23.0 Å². The van der Waals surface area contributed by atoms with E-state index < -0.39 is 0 Å². The lowest BCUT2D eigenvalue weighted by atomic mass is 9.35. The molecule has 0 bridgehead atoms. The summed E-state index contributed by atoms with van der Waals surface area (Å²) in [5.74, 6) is 3.41. The Kier molecular flexibility index (Phi) is 5.90. The van der Waals surface area contributed by atoms with Crippen LogP contribution in [0.3, 0.4) is 0 Å². The van der Waals surface area contributed by atoms with Gasteiger partial charge in [-0.05, 0) is 106 Å². The number of furan rings is 1. The maximum atomic E-state index is 6.76. The molecule has 2 aliphatic heterocycles. The molecule has 0 N–H and O–H groups in total. The van der Waals surface area contributed by atoms with E-state index in [0.717, 1.165) is 89.2 Å². The van der Waals surface area contributed by atoms with Crippen molar-refractivity contribution in [2.45, 2.75) is 26.2 Å². The van der Waals surface area contributed by atoms with Gasteiger partial charge in [-0.25, -0.2) is 0 Å². The summed E-state index contributed by atoms with van der Waals surface area (Å²) in [5, 5.41) is 4.32. The molecule has 0 aliphatic carbocycles. The Morgan fingerprint density at radius 2 is 1.18 bits per heavy atom. The van der Waals surface area contributed by atoms with Crippen molar-refractivity contribution in [3.63, 3.8) is 0 Å². The van der Waals surface area contributed by atoms with E-state index in [1.165, 1.54) is 5.56 Å². The fourth-order valence-electron chi connectivity index (χ4n) is 7.69. The summed E-state index contributed by atoms with van der Waals surface area (Å²) in [6.45, 7) is 6.75. The van der Waals surface area contributed by atoms with Crippen LogP contribution in [0.5, 0.6) is 23.0 Å². The normalized spacial score (nSPS) is 13.1. The third kappa shape index (κ3) is 4.32. The Morgan fingerprint density at radius 3 is 1.98 bits per heavy atom. The van der Waals surface area contributed by atoms with E-state index in [-0.39, 0.29) is 12.1 Å². The van der Waals surface area contributed by atoms with Crippen LogP contribution < -0.4 is 30.8 Å². The van der Waals surface area contributed by atoms with Crippen molar-refractivity contribution in [3.05, 3.63) is 145 Å². The van der Waals surface area contributed by atoms with Crippen molar-refractivity contribution in [2.75, 3.05) is 4.90 Å². The summed E-state index contributed by atoms with van der Waals surface area (Å²) in [7, 11) is 0. The fraction of sp³-hybridized carbons (Fsp3) is 0.0909. The second-order valence-electron chi connectivity index (χ2n) is 14.1. The maximum absolute atomic E-state index is 6.76. The van der Waals surface area contributed by atoms with E-state index in [0.29, 0.717) is 0 Å². The van der Waals surface area contributed by atoms with E-state index in [1.54, 1.807) is 0 Å². The average molecular weight is 634 g/mol. The van der Waals surface area contributed by atoms with Gasteiger partial charge in [0.2, 0.25) is 0 Å². The quantitative estimate of drug-likeness (QED) is 0.181. The number of para-hydroxylation sites is 2. The molecule has 49 heavy (non-hydrogen) atoms. The highest BCUT2D eigenvalue weighted by molar-refractivity contribution is 6.98. The Hall–Kier alpha value is -5.94. The molecule has 2 aliphatic rings. The number of rotatable bonds is 3. The zero-order chi connectivity index (χ0) is 32.9. The molecule has 0 radical (unpaired) electrons. The van der Waals surface area contributed by atoms with Crippen LogP contribution in [0.15, 0.2) is 144 Å². The van der Waals surface area contributed by atoms with Gasteiger partial charge in [-0.3, -0.25) is 0 Å². The highest BCUT2D eigenvalue weighted by atomic mass is 16.5. The van der Waals surface area contributed by atoms with Crippen molar-refractivity contribution in [2.24, 2.45) is 0 Å². The van der Waals surface area contributed by atoms with Gasteiger partial charge >= 0.3 is 0 Å². The molecule has 4 nitrogen and oxygen atoms in total. The third-order valence-corrected chi connectivity index (χ3v) is 10.1. The van der Waals surface area contributed by atoms with Gasteiger partial charge in [0.05, 0.1) is 0 Å². The highest BCUT2D eigenvalue weighted by Gasteiger charge is 2.40. The first-order valence-corrected chi connectivity index (χ1v) is 16.9. The summed E-state index contributed by atoms with van der Waals surface area (Å²) in [4.78, 5) is 2.32. The molecule has 0 spiro atoms. The van der Waals surface area contributed by atoms with E-state index in [4.69, 9.17) is 13.9 Å². The van der Waals surface area contributed by atoms with Gasteiger partial charge in [0, 0.05) is 38.7 Å². The highest BCUT2D eigenvalue weighted by Crippen LogP contribution is 2.42. The van der Waals surface area contributed by atoms with Crippen LogP contribution in [-0.4, -0.2) is 6.71 Å². The Bertz CT molecular complexity index is 2600. The predicted octanol–water partition coefficient (Wildman–Crippen LogP) is 10.2. The van der Waals surface area contributed by atoms with Crippen molar-refractivity contribution in [1.82, 2.24) is 0 Å². The lowest BCUT2D eigenvalue weighted by molar-refractivity contribution is 0.465. The molecule has 1 aromatic heterocycles. The molecule has 10 rings (SSSR count). The van der Waals surface area contributed by atoms with Crippen LogP contribution in [0.2, 0.25) is 0 Å². The molecule has 0 unspecified atom stereocenters. The smallest absolute Gasteiger partial charge is 0.260 e. The van der Waals surface area contributed by atoms with E-state index in [1.807, 2.05) is 30.3 Å². The van der Waals surface area contributed by atoms with Crippen LogP contribution in [0, 0.1) is 0 Å². The molecule has 5 heteroatoms. The van der Waals surface area contributed by atoms with Gasteiger partial charge in [0.25, 0.3) is 6.71 Å². The zero-order valence-corrected chi connectivity index (χ0v) is 27.5. The van der Waals surface area contributed by atoms with Gasteiger partial charge in [-0.1, -0.05) is 81.4 Å². The number of nitrogens with zero attached hydrogens (tertiary/aromatic N) is 1. The van der Waals surface area contributed by atoms with E-state index >= 15 is 0 Å². The second kappa shape index (κ2) is 10.3. The van der Waals surface area contributed by atoms with Crippen LogP contribution in [0.25, 0.3) is 32.7 Å². The monoisotopic (exact) mass is 633 g/mol. The van der Waals surface area contributed by atoms with Gasteiger partial charge in [-0.2, -0.15) is 0 Å². The maximum Gasteiger partial charge on any atom is 0.260 e. The van der Waals surface area contributed by atoms with E-state index in [9.17, 15) is 0 Å². The number of anilines is 3. The Morgan fingerprint density at radius 1 is 0.510 bits per heavy atom. The molecule has 0 amide bonds. The largest absolute Gasteiger partial charge is 0.458 e. The predicted molar refractivity (Wildman–Crippen MR) is 202 cm³/mol. The van der Waals surface area contributed by atoms with Crippen LogP contribution in [-0.2, 0) is 5.41 Å².